The van der Waals surface area contributed by atoms with Gasteiger partial charge < -0.3 is 9.73 Å². The number of hydrogen-bond donors (Lipinski definition) is 1. The Labute approximate surface area is 148 Å². The van der Waals surface area contributed by atoms with E-state index < -0.39 is 0 Å². The molecule has 134 valence electrons. The summed E-state index contributed by atoms with van der Waals surface area (Å²) >= 11 is 0. The Hall–Kier alpha value is -2.14. The maximum atomic E-state index is 13.9. The second-order valence-electron chi connectivity index (χ2n) is 6.64. The zero-order valence-corrected chi connectivity index (χ0v) is 14.6. The number of piperidine rings is 1. The van der Waals surface area contributed by atoms with Crippen molar-refractivity contribution < 1.29 is 13.6 Å². The minimum absolute atomic E-state index is 0.0166. The maximum Gasteiger partial charge on any atom is 0.216 e. The maximum absolute atomic E-state index is 13.9. The third-order valence-electron chi connectivity index (χ3n) is 4.76. The molecule has 3 rings (SSSR count). The van der Waals surface area contributed by atoms with Crippen LogP contribution in [0.2, 0.25) is 0 Å². The number of carbonyl (C=O) groups is 1. The molecule has 0 radical (unpaired) electrons. The minimum atomic E-state index is -0.269. The molecule has 1 N–H and O–H groups in total. The van der Waals surface area contributed by atoms with Gasteiger partial charge in [0.25, 0.3) is 0 Å². The van der Waals surface area contributed by atoms with E-state index >= 15 is 0 Å². The summed E-state index contributed by atoms with van der Waals surface area (Å²) in [5, 5.41) is 2.88. The van der Waals surface area contributed by atoms with Crippen LogP contribution >= 0.6 is 0 Å². The number of amides is 1. The van der Waals surface area contributed by atoms with Crippen LogP contribution in [0.15, 0.2) is 40.8 Å². The van der Waals surface area contributed by atoms with Crippen molar-refractivity contribution in [2.45, 2.75) is 45.2 Å². The standard InChI is InChI=1S/C20H25FN2O2/c1-15(24)22-12-11-16-6-4-5-13-23(16)14-17-9-10-20(25-17)18-7-2-3-8-19(18)21/h2-3,7-10,16H,4-6,11-14H2,1H3,(H,22,24)/t16-/m1/s1. The predicted octanol–water partition coefficient (Wildman–Crippen LogP) is 3.97. The summed E-state index contributed by atoms with van der Waals surface area (Å²) in [6.07, 6.45) is 4.48. The number of likely N-dealkylation sites (tertiary alicyclic amines) is 1. The van der Waals surface area contributed by atoms with Gasteiger partial charge in [-0.25, -0.2) is 4.39 Å². The molecule has 1 saturated heterocycles. The van der Waals surface area contributed by atoms with Crippen LogP contribution in [0.3, 0.4) is 0 Å². The van der Waals surface area contributed by atoms with Gasteiger partial charge in [-0.2, -0.15) is 0 Å². The highest BCUT2D eigenvalue weighted by Crippen LogP contribution is 2.27. The zero-order chi connectivity index (χ0) is 17.6. The number of hydrogen-bond acceptors (Lipinski definition) is 3. The first-order valence-electron chi connectivity index (χ1n) is 8.95. The molecule has 0 saturated carbocycles. The van der Waals surface area contributed by atoms with E-state index in [1.807, 2.05) is 18.2 Å². The van der Waals surface area contributed by atoms with Gasteiger partial charge in [0.1, 0.15) is 17.3 Å². The molecular formula is C20H25FN2O2. The van der Waals surface area contributed by atoms with Crippen molar-refractivity contribution in [1.29, 1.82) is 0 Å². The molecule has 0 unspecified atom stereocenters. The van der Waals surface area contributed by atoms with E-state index in [0.717, 1.165) is 31.7 Å². The summed E-state index contributed by atoms with van der Waals surface area (Å²) in [5.41, 5.74) is 0.495. The van der Waals surface area contributed by atoms with Gasteiger partial charge in [-0.15, -0.1) is 0 Å². The van der Waals surface area contributed by atoms with Crippen molar-refractivity contribution in [3.8, 4) is 11.3 Å². The van der Waals surface area contributed by atoms with E-state index in [9.17, 15) is 9.18 Å². The van der Waals surface area contributed by atoms with Crippen LogP contribution in [0.25, 0.3) is 11.3 Å². The Morgan fingerprint density at radius 3 is 2.92 bits per heavy atom. The monoisotopic (exact) mass is 344 g/mol. The minimum Gasteiger partial charge on any atom is -0.460 e. The first-order chi connectivity index (χ1) is 12.1. The van der Waals surface area contributed by atoms with Gasteiger partial charge in [-0.3, -0.25) is 9.69 Å². The lowest BCUT2D eigenvalue weighted by Crippen LogP contribution is -2.40. The SMILES string of the molecule is CC(=O)NCC[C@H]1CCCCN1Cc1ccc(-c2ccccc2F)o1. The quantitative estimate of drug-likeness (QED) is 0.862. The molecule has 2 heterocycles. The van der Waals surface area contributed by atoms with Crippen LogP contribution < -0.4 is 5.32 Å². The number of nitrogens with one attached hydrogen (secondary N) is 1. The zero-order valence-electron chi connectivity index (χ0n) is 14.6. The predicted molar refractivity (Wildman–Crippen MR) is 95.5 cm³/mol. The smallest absolute Gasteiger partial charge is 0.216 e. The fraction of sp³-hybridized carbons (Fsp3) is 0.450. The van der Waals surface area contributed by atoms with Gasteiger partial charge in [0.15, 0.2) is 0 Å². The van der Waals surface area contributed by atoms with Crippen LogP contribution in [0.4, 0.5) is 4.39 Å². The molecule has 0 spiro atoms. The Morgan fingerprint density at radius 1 is 1.28 bits per heavy atom. The van der Waals surface area contributed by atoms with Crippen LogP contribution in [0, 0.1) is 5.82 Å². The molecule has 1 aliphatic heterocycles. The molecule has 1 atom stereocenters. The van der Waals surface area contributed by atoms with Gasteiger partial charge in [-0.05, 0) is 50.1 Å². The number of halogens is 1. The lowest BCUT2D eigenvalue weighted by Gasteiger charge is -2.35. The van der Waals surface area contributed by atoms with Crippen molar-refractivity contribution in [3.05, 3.63) is 48.0 Å². The van der Waals surface area contributed by atoms with Crippen LogP contribution in [-0.4, -0.2) is 29.9 Å². The van der Waals surface area contributed by atoms with Crippen molar-refractivity contribution in [2.24, 2.45) is 0 Å². The third-order valence-corrected chi connectivity index (χ3v) is 4.76. The van der Waals surface area contributed by atoms with Gasteiger partial charge >= 0.3 is 0 Å². The van der Waals surface area contributed by atoms with E-state index in [-0.39, 0.29) is 11.7 Å². The number of rotatable bonds is 6. The Kier molecular flexibility index (Phi) is 5.87. The van der Waals surface area contributed by atoms with Gasteiger partial charge in [0, 0.05) is 19.5 Å². The van der Waals surface area contributed by atoms with E-state index in [0.29, 0.717) is 23.9 Å². The van der Waals surface area contributed by atoms with E-state index in [1.165, 1.54) is 18.9 Å². The Balaban J connectivity index is 1.64. The molecule has 4 nitrogen and oxygen atoms in total. The van der Waals surface area contributed by atoms with E-state index in [1.54, 1.807) is 19.1 Å². The summed E-state index contributed by atoms with van der Waals surface area (Å²) in [4.78, 5) is 13.5. The van der Waals surface area contributed by atoms with E-state index in [2.05, 4.69) is 10.2 Å². The van der Waals surface area contributed by atoms with Gasteiger partial charge in [-0.1, -0.05) is 18.6 Å². The summed E-state index contributed by atoms with van der Waals surface area (Å²) < 4.78 is 19.8. The number of benzene rings is 1. The van der Waals surface area contributed by atoms with Crippen molar-refractivity contribution in [1.82, 2.24) is 10.2 Å². The number of carbonyl (C=O) groups excluding carboxylic acids is 1. The first kappa shape index (κ1) is 17.7. The highest BCUT2D eigenvalue weighted by atomic mass is 19.1. The average molecular weight is 344 g/mol. The molecule has 0 aliphatic carbocycles. The lowest BCUT2D eigenvalue weighted by atomic mass is 9.99. The lowest BCUT2D eigenvalue weighted by molar-refractivity contribution is -0.119. The fourth-order valence-electron chi connectivity index (χ4n) is 3.48. The molecule has 1 aromatic heterocycles. The molecular weight excluding hydrogens is 319 g/mol. The number of nitrogens with zero attached hydrogens (tertiary/aromatic N) is 1. The Morgan fingerprint density at radius 2 is 2.12 bits per heavy atom. The topological polar surface area (TPSA) is 45.5 Å². The van der Waals surface area contributed by atoms with E-state index in [4.69, 9.17) is 4.42 Å². The molecule has 1 fully saturated rings. The molecule has 1 aliphatic rings. The molecule has 1 aromatic carbocycles. The molecule has 0 bridgehead atoms. The van der Waals surface area contributed by atoms with Gasteiger partial charge in [0.05, 0.1) is 12.1 Å². The number of furan rings is 1. The second-order valence-corrected chi connectivity index (χ2v) is 6.64. The normalized spacial score (nSPS) is 18.2. The summed E-state index contributed by atoms with van der Waals surface area (Å²) in [6, 6.07) is 10.9. The largest absolute Gasteiger partial charge is 0.460 e. The molecule has 1 amide bonds. The van der Waals surface area contributed by atoms with Gasteiger partial charge in [0.2, 0.25) is 5.91 Å². The summed E-state index contributed by atoms with van der Waals surface area (Å²) in [6.45, 7) is 4.00. The second kappa shape index (κ2) is 8.30. The average Bonchev–Trinajstić information content (AvgIpc) is 3.05. The highest BCUT2D eigenvalue weighted by molar-refractivity contribution is 5.72. The summed E-state index contributed by atoms with van der Waals surface area (Å²) in [7, 11) is 0. The van der Waals surface area contributed by atoms with Crippen molar-refractivity contribution >= 4 is 5.91 Å². The first-order valence-corrected chi connectivity index (χ1v) is 8.95. The Bertz CT molecular complexity index is 713. The fourth-order valence-corrected chi connectivity index (χ4v) is 3.48. The third kappa shape index (κ3) is 4.69. The van der Waals surface area contributed by atoms with Crippen molar-refractivity contribution in [3.63, 3.8) is 0 Å². The van der Waals surface area contributed by atoms with Crippen molar-refractivity contribution in [2.75, 3.05) is 13.1 Å². The van der Waals surface area contributed by atoms with Crippen LogP contribution in [-0.2, 0) is 11.3 Å². The molecule has 2 aromatic rings. The summed E-state index contributed by atoms with van der Waals surface area (Å²) in [5.74, 6) is 1.17. The highest BCUT2D eigenvalue weighted by Gasteiger charge is 2.23. The van der Waals surface area contributed by atoms with Crippen LogP contribution in [0.5, 0.6) is 0 Å². The van der Waals surface area contributed by atoms with Crippen LogP contribution in [0.1, 0.15) is 38.4 Å². The molecule has 25 heavy (non-hydrogen) atoms. The molecule has 5 heteroatoms.